The Morgan fingerprint density at radius 1 is 0.488 bits per heavy atom. The SMILES string of the molecule is CCCCCCCCCCCCCCCCCCNCCP(=O)(OCC(CC)CCCC)OCC(CC)CCCC. The first-order chi connectivity index (χ1) is 20.0. The average Bonchev–Trinajstić information content (AvgIpc) is 2.98. The quantitative estimate of drug-likeness (QED) is 0.0588. The molecule has 0 bridgehead atoms. The lowest BCUT2D eigenvalue weighted by Crippen LogP contribution is -2.22. The van der Waals surface area contributed by atoms with E-state index in [2.05, 4.69) is 39.9 Å². The zero-order chi connectivity index (χ0) is 30.3. The maximum absolute atomic E-state index is 13.7. The van der Waals surface area contributed by atoms with Crippen LogP contribution in [0.4, 0.5) is 0 Å². The molecule has 0 aromatic rings. The summed E-state index contributed by atoms with van der Waals surface area (Å²) in [7, 11) is -3.07. The van der Waals surface area contributed by atoms with Gasteiger partial charge in [-0.1, -0.05) is 169 Å². The van der Waals surface area contributed by atoms with Crippen molar-refractivity contribution in [3.05, 3.63) is 0 Å². The molecule has 0 aliphatic carbocycles. The number of unbranched alkanes of at least 4 members (excludes halogenated alkanes) is 17. The summed E-state index contributed by atoms with van der Waals surface area (Å²) >= 11 is 0. The molecule has 0 saturated heterocycles. The second kappa shape index (κ2) is 31.5. The van der Waals surface area contributed by atoms with E-state index in [-0.39, 0.29) is 0 Å². The number of rotatable bonds is 34. The van der Waals surface area contributed by atoms with Crippen molar-refractivity contribution in [1.82, 2.24) is 5.32 Å². The van der Waals surface area contributed by atoms with Crippen molar-refractivity contribution in [3.63, 3.8) is 0 Å². The van der Waals surface area contributed by atoms with Gasteiger partial charge in [-0.05, 0) is 37.6 Å². The fourth-order valence-corrected chi connectivity index (χ4v) is 7.18. The van der Waals surface area contributed by atoms with Gasteiger partial charge < -0.3 is 14.4 Å². The van der Waals surface area contributed by atoms with Gasteiger partial charge in [0.25, 0.3) is 0 Å². The molecule has 248 valence electrons. The summed E-state index contributed by atoms with van der Waals surface area (Å²) in [6, 6.07) is 0. The van der Waals surface area contributed by atoms with E-state index in [0.29, 0.717) is 37.8 Å². The fraction of sp³-hybridized carbons (Fsp3) is 1.00. The van der Waals surface area contributed by atoms with Crippen molar-refractivity contribution >= 4 is 7.60 Å². The van der Waals surface area contributed by atoms with Crippen LogP contribution in [0.3, 0.4) is 0 Å². The van der Waals surface area contributed by atoms with Crippen molar-refractivity contribution in [2.75, 3.05) is 32.5 Å². The smallest absolute Gasteiger partial charge is 0.316 e. The summed E-state index contributed by atoms with van der Waals surface area (Å²) in [4.78, 5) is 0. The number of hydrogen-bond acceptors (Lipinski definition) is 4. The molecule has 0 rings (SSSR count). The third-order valence-electron chi connectivity index (χ3n) is 8.87. The van der Waals surface area contributed by atoms with Crippen LogP contribution in [0.15, 0.2) is 0 Å². The normalized spacial score (nSPS) is 14.8. The van der Waals surface area contributed by atoms with Gasteiger partial charge in [-0.25, -0.2) is 0 Å². The van der Waals surface area contributed by atoms with Crippen molar-refractivity contribution in [1.29, 1.82) is 0 Å². The van der Waals surface area contributed by atoms with Crippen LogP contribution in [0.2, 0.25) is 0 Å². The molecule has 0 aliphatic heterocycles. The standard InChI is InChI=1S/C36H76NO3P/c1-6-11-14-15-16-17-18-19-20-21-22-23-24-25-26-27-30-37-31-32-41(38,39-33-35(9-4)28-12-7-2)40-34-36(10-5)29-13-8-3/h35-37H,6-34H2,1-5H3. The maximum atomic E-state index is 13.7. The van der Waals surface area contributed by atoms with Gasteiger partial charge in [0.2, 0.25) is 0 Å². The van der Waals surface area contributed by atoms with Gasteiger partial charge in [0, 0.05) is 6.54 Å². The monoisotopic (exact) mass is 602 g/mol. The molecule has 41 heavy (non-hydrogen) atoms. The zero-order valence-corrected chi connectivity index (χ0v) is 29.7. The van der Waals surface area contributed by atoms with Crippen LogP contribution in [-0.4, -0.2) is 32.5 Å². The molecular formula is C36H76NO3P. The summed E-state index contributed by atoms with van der Waals surface area (Å²) < 4.78 is 25.9. The highest BCUT2D eigenvalue weighted by atomic mass is 31.2. The second-order valence-electron chi connectivity index (χ2n) is 12.8. The molecule has 0 aliphatic rings. The Hall–Kier alpha value is 0.110. The second-order valence-corrected chi connectivity index (χ2v) is 15.0. The summed E-state index contributed by atoms with van der Waals surface area (Å²) in [6.07, 6.45) is 32.1. The Bertz CT molecular complexity index is 535. The summed E-state index contributed by atoms with van der Waals surface area (Å²) in [6.45, 7) is 14.0. The van der Waals surface area contributed by atoms with Gasteiger partial charge in [-0.3, -0.25) is 4.57 Å². The van der Waals surface area contributed by atoms with Gasteiger partial charge in [-0.2, -0.15) is 0 Å². The predicted molar refractivity (Wildman–Crippen MR) is 183 cm³/mol. The number of nitrogens with one attached hydrogen (secondary N) is 1. The van der Waals surface area contributed by atoms with E-state index in [4.69, 9.17) is 9.05 Å². The minimum Gasteiger partial charge on any atom is -0.316 e. The van der Waals surface area contributed by atoms with E-state index < -0.39 is 7.60 Å². The first-order valence-electron chi connectivity index (χ1n) is 18.6. The largest absolute Gasteiger partial charge is 0.331 e. The molecule has 0 radical (unpaired) electrons. The van der Waals surface area contributed by atoms with Crippen LogP contribution >= 0.6 is 7.60 Å². The van der Waals surface area contributed by atoms with Crippen LogP contribution in [0.5, 0.6) is 0 Å². The Kier molecular flexibility index (Phi) is 31.6. The average molecular weight is 602 g/mol. The van der Waals surface area contributed by atoms with Crippen LogP contribution in [0.1, 0.15) is 189 Å². The van der Waals surface area contributed by atoms with Crippen LogP contribution in [0.25, 0.3) is 0 Å². The van der Waals surface area contributed by atoms with Gasteiger partial charge >= 0.3 is 7.60 Å². The summed E-state index contributed by atoms with van der Waals surface area (Å²) in [5, 5.41) is 3.53. The molecule has 0 amide bonds. The molecule has 0 aromatic carbocycles. The van der Waals surface area contributed by atoms with E-state index in [1.165, 1.54) is 128 Å². The highest BCUT2D eigenvalue weighted by Crippen LogP contribution is 2.49. The van der Waals surface area contributed by atoms with Gasteiger partial charge in [0.15, 0.2) is 0 Å². The van der Waals surface area contributed by atoms with Crippen molar-refractivity contribution in [2.24, 2.45) is 11.8 Å². The fourth-order valence-electron chi connectivity index (χ4n) is 5.54. The molecular weight excluding hydrogens is 525 g/mol. The van der Waals surface area contributed by atoms with E-state index >= 15 is 0 Å². The van der Waals surface area contributed by atoms with Gasteiger partial charge in [0.05, 0.1) is 19.4 Å². The van der Waals surface area contributed by atoms with Crippen molar-refractivity contribution in [2.45, 2.75) is 189 Å². The third-order valence-corrected chi connectivity index (χ3v) is 10.7. The Morgan fingerprint density at radius 2 is 0.854 bits per heavy atom. The zero-order valence-electron chi connectivity index (χ0n) is 28.8. The number of hydrogen-bond donors (Lipinski definition) is 1. The molecule has 2 unspecified atom stereocenters. The maximum Gasteiger partial charge on any atom is 0.331 e. The molecule has 0 heterocycles. The molecule has 0 aromatic heterocycles. The molecule has 0 spiro atoms. The Labute approximate surface area is 259 Å². The molecule has 2 atom stereocenters. The van der Waals surface area contributed by atoms with Gasteiger partial charge in [-0.15, -0.1) is 0 Å². The van der Waals surface area contributed by atoms with E-state index in [9.17, 15) is 4.57 Å². The van der Waals surface area contributed by atoms with E-state index in [1.54, 1.807) is 0 Å². The highest BCUT2D eigenvalue weighted by molar-refractivity contribution is 7.53. The van der Waals surface area contributed by atoms with Crippen molar-refractivity contribution < 1.29 is 13.6 Å². The summed E-state index contributed by atoms with van der Waals surface area (Å²) in [5.41, 5.74) is 0. The lowest BCUT2D eigenvalue weighted by atomic mass is 10.0. The van der Waals surface area contributed by atoms with Gasteiger partial charge in [0.1, 0.15) is 0 Å². The van der Waals surface area contributed by atoms with Crippen LogP contribution in [-0.2, 0) is 13.6 Å². The van der Waals surface area contributed by atoms with Crippen LogP contribution in [0, 0.1) is 11.8 Å². The summed E-state index contributed by atoms with van der Waals surface area (Å²) in [5.74, 6) is 0.957. The predicted octanol–water partition coefficient (Wildman–Crippen LogP) is 12.5. The first kappa shape index (κ1) is 41.1. The molecule has 0 fully saturated rings. The lowest BCUT2D eigenvalue weighted by molar-refractivity contribution is 0.151. The Morgan fingerprint density at radius 3 is 1.22 bits per heavy atom. The first-order valence-corrected chi connectivity index (χ1v) is 20.4. The Balaban J connectivity index is 4.02. The van der Waals surface area contributed by atoms with Crippen LogP contribution < -0.4 is 5.32 Å². The van der Waals surface area contributed by atoms with E-state index in [1.807, 2.05) is 0 Å². The minimum atomic E-state index is -3.07. The van der Waals surface area contributed by atoms with E-state index in [0.717, 1.165) is 32.2 Å². The molecule has 4 nitrogen and oxygen atoms in total. The molecule has 5 heteroatoms. The highest BCUT2D eigenvalue weighted by Gasteiger charge is 2.27. The third kappa shape index (κ3) is 27.4. The van der Waals surface area contributed by atoms with Crippen molar-refractivity contribution in [3.8, 4) is 0 Å². The topological polar surface area (TPSA) is 47.6 Å². The molecule has 1 N–H and O–H groups in total. The molecule has 0 saturated carbocycles. The lowest BCUT2D eigenvalue weighted by Gasteiger charge is -2.24. The minimum absolute atomic E-state index is 0.479.